The van der Waals surface area contributed by atoms with Gasteiger partial charge in [0.1, 0.15) is 0 Å². The number of methoxy groups -OCH3 is 1. The molecule has 1 saturated heterocycles. The summed E-state index contributed by atoms with van der Waals surface area (Å²) >= 11 is 0. The molecule has 1 amide bonds. The van der Waals surface area contributed by atoms with Crippen LogP contribution in [0.25, 0.3) is 0 Å². The molecule has 0 saturated carbocycles. The second-order valence-corrected chi connectivity index (χ2v) is 4.29. The van der Waals surface area contributed by atoms with E-state index in [0.717, 1.165) is 25.7 Å². The summed E-state index contributed by atoms with van der Waals surface area (Å²) in [5.41, 5.74) is 0.608. The Kier molecular flexibility index (Phi) is 5.73. The summed E-state index contributed by atoms with van der Waals surface area (Å²) in [5, 5.41) is 0. The van der Waals surface area contributed by atoms with Crippen LogP contribution in [0.5, 0.6) is 0 Å². The number of hydrogen-bond donors (Lipinski definition) is 0. The third-order valence-corrected chi connectivity index (χ3v) is 2.92. The number of ether oxygens (including phenoxy) is 1. The fourth-order valence-electron chi connectivity index (χ4n) is 1.91. The Bertz CT molecular complexity index is 310. The molecule has 4 nitrogen and oxygen atoms in total. The third kappa shape index (κ3) is 4.21. The van der Waals surface area contributed by atoms with Gasteiger partial charge in [0.25, 0.3) is 0 Å². The van der Waals surface area contributed by atoms with Gasteiger partial charge in [0.15, 0.2) is 0 Å². The number of hydrogen-bond acceptors (Lipinski definition) is 3. The van der Waals surface area contributed by atoms with Crippen molar-refractivity contribution in [3.63, 3.8) is 0 Å². The Labute approximate surface area is 103 Å². The molecule has 0 aromatic rings. The highest BCUT2D eigenvalue weighted by atomic mass is 16.5. The molecule has 96 valence electrons. The Morgan fingerprint density at radius 1 is 1.47 bits per heavy atom. The summed E-state index contributed by atoms with van der Waals surface area (Å²) in [5.74, 6) is -0.220. The Balaban J connectivity index is 2.64. The van der Waals surface area contributed by atoms with Crippen molar-refractivity contribution >= 4 is 11.9 Å². The van der Waals surface area contributed by atoms with Crippen molar-refractivity contribution in [3.8, 4) is 0 Å². The van der Waals surface area contributed by atoms with E-state index in [4.69, 9.17) is 4.74 Å². The molecule has 0 atom stereocenters. The van der Waals surface area contributed by atoms with Crippen LogP contribution in [0.4, 0.5) is 0 Å². The molecular formula is C13H21NO3. The van der Waals surface area contributed by atoms with Crippen LogP contribution in [0.2, 0.25) is 0 Å². The highest BCUT2D eigenvalue weighted by Gasteiger charge is 2.20. The van der Waals surface area contributed by atoms with E-state index in [1.807, 2.05) is 0 Å². The molecule has 1 aliphatic heterocycles. The van der Waals surface area contributed by atoms with Crippen LogP contribution < -0.4 is 0 Å². The lowest BCUT2D eigenvalue weighted by Crippen LogP contribution is -2.20. The van der Waals surface area contributed by atoms with Gasteiger partial charge in [-0.2, -0.15) is 0 Å². The minimum absolute atomic E-state index is 0.0990. The Hall–Kier alpha value is -1.32. The first-order valence-electron chi connectivity index (χ1n) is 6.27. The molecule has 0 unspecified atom stereocenters. The van der Waals surface area contributed by atoms with Crippen molar-refractivity contribution < 1.29 is 14.3 Å². The predicted molar refractivity (Wildman–Crippen MR) is 65.2 cm³/mol. The van der Waals surface area contributed by atoms with Crippen molar-refractivity contribution in [2.45, 2.75) is 45.4 Å². The second kappa shape index (κ2) is 7.09. The van der Waals surface area contributed by atoms with Gasteiger partial charge in [-0.15, -0.1) is 0 Å². The van der Waals surface area contributed by atoms with Crippen LogP contribution in [0.3, 0.4) is 0 Å². The highest BCUT2D eigenvalue weighted by Crippen LogP contribution is 2.16. The zero-order valence-electron chi connectivity index (χ0n) is 10.7. The quantitative estimate of drug-likeness (QED) is 0.406. The molecule has 1 rings (SSSR count). The first-order valence-corrected chi connectivity index (χ1v) is 6.27. The molecular weight excluding hydrogens is 218 g/mol. The monoisotopic (exact) mass is 239 g/mol. The average molecular weight is 239 g/mol. The van der Waals surface area contributed by atoms with E-state index in [1.54, 1.807) is 11.1 Å². The molecule has 17 heavy (non-hydrogen) atoms. The maximum Gasteiger partial charge on any atom is 0.335 e. The molecule has 1 heterocycles. The minimum Gasteiger partial charge on any atom is -0.466 e. The predicted octanol–water partition coefficient (Wildman–Crippen LogP) is 2.25. The summed E-state index contributed by atoms with van der Waals surface area (Å²) in [4.78, 5) is 24.7. The molecule has 0 aliphatic carbocycles. The van der Waals surface area contributed by atoms with E-state index in [2.05, 4.69) is 6.92 Å². The van der Waals surface area contributed by atoms with Gasteiger partial charge in [0.2, 0.25) is 5.91 Å². The van der Waals surface area contributed by atoms with E-state index in [0.29, 0.717) is 25.0 Å². The smallest absolute Gasteiger partial charge is 0.335 e. The van der Waals surface area contributed by atoms with Crippen molar-refractivity contribution in [2.24, 2.45) is 0 Å². The van der Waals surface area contributed by atoms with Crippen LogP contribution in [-0.4, -0.2) is 30.4 Å². The normalized spacial score (nSPS) is 16.5. The maximum absolute atomic E-state index is 11.6. The standard InChI is InChI=1S/C13H21NO3/c1-3-4-5-7-11(13(16)17-2)10-14-9-6-8-12(14)15/h10H,3-9H2,1-2H3/b11-10+. The van der Waals surface area contributed by atoms with Crippen LogP contribution in [0.15, 0.2) is 11.8 Å². The van der Waals surface area contributed by atoms with E-state index in [1.165, 1.54) is 7.11 Å². The molecule has 0 aromatic carbocycles. The van der Waals surface area contributed by atoms with E-state index >= 15 is 0 Å². The van der Waals surface area contributed by atoms with Gasteiger partial charge in [-0.25, -0.2) is 4.79 Å². The molecule has 0 spiro atoms. The fourth-order valence-corrected chi connectivity index (χ4v) is 1.91. The lowest BCUT2D eigenvalue weighted by Gasteiger charge is -2.12. The SMILES string of the molecule is CCCCC/C(=C\N1CCCC1=O)C(=O)OC. The number of carbonyl (C=O) groups excluding carboxylic acids is 2. The summed E-state index contributed by atoms with van der Waals surface area (Å²) in [6, 6.07) is 0. The van der Waals surface area contributed by atoms with Crippen molar-refractivity contribution in [3.05, 3.63) is 11.8 Å². The first kappa shape index (κ1) is 13.7. The number of unbranched alkanes of at least 4 members (excludes halogenated alkanes) is 2. The van der Waals surface area contributed by atoms with Gasteiger partial charge < -0.3 is 9.64 Å². The van der Waals surface area contributed by atoms with Gasteiger partial charge in [-0.1, -0.05) is 19.8 Å². The lowest BCUT2D eigenvalue weighted by atomic mass is 10.1. The maximum atomic E-state index is 11.6. The summed E-state index contributed by atoms with van der Waals surface area (Å²) in [7, 11) is 1.38. The van der Waals surface area contributed by atoms with Crippen LogP contribution in [0, 0.1) is 0 Å². The Morgan fingerprint density at radius 3 is 2.76 bits per heavy atom. The molecule has 1 fully saturated rings. The first-order chi connectivity index (χ1) is 8.19. The van der Waals surface area contributed by atoms with Crippen molar-refractivity contribution in [1.82, 2.24) is 4.90 Å². The van der Waals surface area contributed by atoms with E-state index in [-0.39, 0.29) is 11.9 Å². The van der Waals surface area contributed by atoms with Gasteiger partial charge in [-0.3, -0.25) is 4.79 Å². The van der Waals surface area contributed by atoms with Crippen molar-refractivity contribution in [2.75, 3.05) is 13.7 Å². The zero-order chi connectivity index (χ0) is 12.7. The van der Waals surface area contributed by atoms with E-state index < -0.39 is 0 Å². The van der Waals surface area contributed by atoms with Gasteiger partial charge in [0.05, 0.1) is 12.7 Å². The molecule has 0 bridgehead atoms. The zero-order valence-corrected chi connectivity index (χ0v) is 10.7. The van der Waals surface area contributed by atoms with Gasteiger partial charge >= 0.3 is 5.97 Å². The summed E-state index contributed by atoms with van der Waals surface area (Å²) < 4.78 is 4.74. The van der Waals surface area contributed by atoms with Gasteiger partial charge in [-0.05, 0) is 19.3 Å². The van der Waals surface area contributed by atoms with E-state index in [9.17, 15) is 9.59 Å². The lowest BCUT2D eigenvalue weighted by molar-refractivity contribution is -0.136. The molecule has 4 heteroatoms. The molecule has 1 aliphatic rings. The topological polar surface area (TPSA) is 46.6 Å². The molecule has 0 aromatic heterocycles. The van der Waals surface area contributed by atoms with Crippen molar-refractivity contribution in [1.29, 1.82) is 0 Å². The Morgan fingerprint density at radius 2 is 2.24 bits per heavy atom. The third-order valence-electron chi connectivity index (χ3n) is 2.92. The molecule has 0 radical (unpaired) electrons. The largest absolute Gasteiger partial charge is 0.466 e. The van der Waals surface area contributed by atoms with Crippen LogP contribution in [0.1, 0.15) is 45.4 Å². The van der Waals surface area contributed by atoms with Crippen LogP contribution >= 0.6 is 0 Å². The number of esters is 1. The molecule has 0 N–H and O–H groups in total. The van der Waals surface area contributed by atoms with Crippen LogP contribution in [-0.2, 0) is 14.3 Å². The highest BCUT2D eigenvalue weighted by molar-refractivity contribution is 5.89. The number of carbonyl (C=O) groups is 2. The second-order valence-electron chi connectivity index (χ2n) is 4.29. The summed E-state index contributed by atoms with van der Waals surface area (Å²) in [6.07, 6.45) is 6.97. The number of rotatable bonds is 6. The number of amides is 1. The van der Waals surface area contributed by atoms with Gasteiger partial charge in [0, 0.05) is 19.2 Å². The number of likely N-dealkylation sites (tertiary alicyclic amines) is 1. The summed E-state index contributed by atoms with van der Waals surface area (Å²) in [6.45, 7) is 2.83. The number of nitrogens with zero attached hydrogens (tertiary/aromatic N) is 1. The minimum atomic E-state index is -0.319. The fraction of sp³-hybridized carbons (Fsp3) is 0.692. The average Bonchev–Trinajstić information content (AvgIpc) is 2.73.